The molecule has 2 aliphatic carbocycles. The third-order valence-corrected chi connectivity index (χ3v) is 6.26. The summed E-state index contributed by atoms with van der Waals surface area (Å²) in [5.41, 5.74) is 0.945. The summed E-state index contributed by atoms with van der Waals surface area (Å²) in [6.07, 6.45) is 11.8. The first-order valence-electron chi connectivity index (χ1n) is 10.6. The molecule has 3 rings (SSSR count). The third-order valence-electron chi connectivity index (χ3n) is 6.26. The van der Waals surface area contributed by atoms with Gasteiger partial charge in [-0.25, -0.2) is 0 Å². The number of pyridine rings is 1. The largest absolute Gasteiger partial charge is 0.356 e. The summed E-state index contributed by atoms with van der Waals surface area (Å²) < 4.78 is 0. The quantitative estimate of drug-likeness (QED) is 0.766. The van der Waals surface area contributed by atoms with Gasteiger partial charge in [0.15, 0.2) is 0 Å². The third kappa shape index (κ3) is 6.05. The second kappa shape index (κ2) is 9.86. The maximum absolute atomic E-state index is 12.2. The van der Waals surface area contributed by atoms with Crippen LogP contribution in [0.3, 0.4) is 0 Å². The second-order valence-electron chi connectivity index (χ2n) is 8.37. The van der Waals surface area contributed by atoms with Gasteiger partial charge in [-0.2, -0.15) is 0 Å². The van der Waals surface area contributed by atoms with Crippen molar-refractivity contribution in [2.75, 3.05) is 6.54 Å². The van der Waals surface area contributed by atoms with Gasteiger partial charge in [0.25, 0.3) is 0 Å². The van der Waals surface area contributed by atoms with E-state index in [2.05, 4.69) is 15.6 Å². The lowest BCUT2D eigenvalue weighted by atomic mass is 9.77. The molecule has 0 aliphatic heterocycles. The highest BCUT2D eigenvalue weighted by Gasteiger charge is 2.30. The zero-order valence-corrected chi connectivity index (χ0v) is 16.5. The van der Waals surface area contributed by atoms with Crippen LogP contribution in [0.4, 0.5) is 0 Å². The maximum atomic E-state index is 12.2. The monoisotopic (exact) mass is 371 g/mol. The minimum atomic E-state index is -0.0124. The van der Waals surface area contributed by atoms with E-state index in [-0.39, 0.29) is 17.9 Å². The first-order chi connectivity index (χ1) is 13.1. The van der Waals surface area contributed by atoms with E-state index in [0.717, 1.165) is 37.9 Å². The lowest BCUT2D eigenvalue weighted by Gasteiger charge is -2.34. The Morgan fingerprint density at radius 1 is 1.07 bits per heavy atom. The van der Waals surface area contributed by atoms with Gasteiger partial charge in [0.05, 0.1) is 11.7 Å². The molecule has 2 aliphatic rings. The molecule has 2 saturated carbocycles. The van der Waals surface area contributed by atoms with Crippen LogP contribution in [0.5, 0.6) is 0 Å². The molecule has 1 heterocycles. The number of amides is 2. The molecule has 148 valence electrons. The average molecular weight is 372 g/mol. The predicted octanol–water partition coefficient (Wildman–Crippen LogP) is 3.76. The number of rotatable bonds is 7. The summed E-state index contributed by atoms with van der Waals surface area (Å²) in [6.45, 7) is 2.37. The number of nitrogens with one attached hydrogen (secondary N) is 2. The highest BCUT2D eigenvalue weighted by atomic mass is 16.2. The SMILES string of the molecule is CC(=O)NC(c1ccccn1)C1CCC(CNC(=O)CC2CCCC2)CC1. The van der Waals surface area contributed by atoms with Gasteiger partial charge in [-0.3, -0.25) is 14.6 Å². The fourth-order valence-electron chi connectivity index (χ4n) is 4.74. The molecular formula is C22H33N3O2. The normalized spacial score (nSPS) is 24.3. The molecule has 0 radical (unpaired) electrons. The number of carbonyl (C=O) groups is 2. The Kier molecular flexibility index (Phi) is 7.25. The van der Waals surface area contributed by atoms with E-state index in [9.17, 15) is 9.59 Å². The Hall–Kier alpha value is -1.91. The van der Waals surface area contributed by atoms with Crippen molar-refractivity contribution in [2.45, 2.75) is 70.8 Å². The minimum absolute atomic E-state index is 0.00745. The van der Waals surface area contributed by atoms with Crippen molar-refractivity contribution in [1.82, 2.24) is 15.6 Å². The van der Waals surface area contributed by atoms with Gasteiger partial charge >= 0.3 is 0 Å². The Labute approximate surface area is 162 Å². The van der Waals surface area contributed by atoms with Crippen molar-refractivity contribution in [1.29, 1.82) is 0 Å². The van der Waals surface area contributed by atoms with Gasteiger partial charge in [0.1, 0.15) is 0 Å². The van der Waals surface area contributed by atoms with Gasteiger partial charge in [-0.15, -0.1) is 0 Å². The van der Waals surface area contributed by atoms with Crippen molar-refractivity contribution in [3.8, 4) is 0 Å². The van der Waals surface area contributed by atoms with Crippen LogP contribution in [-0.2, 0) is 9.59 Å². The molecule has 27 heavy (non-hydrogen) atoms. The summed E-state index contributed by atoms with van der Waals surface area (Å²) in [7, 11) is 0. The lowest BCUT2D eigenvalue weighted by Crippen LogP contribution is -2.36. The van der Waals surface area contributed by atoms with Crippen LogP contribution in [0.25, 0.3) is 0 Å². The maximum Gasteiger partial charge on any atom is 0.220 e. The van der Waals surface area contributed by atoms with Gasteiger partial charge in [-0.05, 0) is 68.4 Å². The Morgan fingerprint density at radius 3 is 2.44 bits per heavy atom. The van der Waals surface area contributed by atoms with E-state index in [4.69, 9.17) is 0 Å². The molecule has 0 aromatic carbocycles. The van der Waals surface area contributed by atoms with Crippen molar-refractivity contribution in [3.63, 3.8) is 0 Å². The zero-order chi connectivity index (χ0) is 19.1. The summed E-state index contributed by atoms with van der Waals surface area (Å²) in [5, 5.41) is 6.27. The minimum Gasteiger partial charge on any atom is -0.356 e. The predicted molar refractivity (Wildman–Crippen MR) is 106 cm³/mol. The van der Waals surface area contributed by atoms with E-state index in [1.165, 1.54) is 25.7 Å². The van der Waals surface area contributed by atoms with E-state index >= 15 is 0 Å². The van der Waals surface area contributed by atoms with Crippen LogP contribution >= 0.6 is 0 Å². The fourth-order valence-corrected chi connectivity index (χ4v) is 4.74. The number of nitrogens with zero attached hydrogens (tertiary/aromatic N) is 1. The van der Waals surface area contributed by atoms with Gasteiger partial charge in [0.2, 0.25) is 11.8 Å². The van der Waals surface area contributed by atoms with Crippen molar-refractivity contribution >= 4 is 11.8 Å². The molecule has 1 aromatic heterocycles. The molecule has 5 heteroatoms. The van der Waals surface area contributed by atoms with E-state index < -0.39 is 0 Å². The molecular weight excluding hydrogens is 338 g/mol. The van der Waals surface area contributed by atoms with Crippen molar-refractivity contribution < 1.29 is 9.59 Å². The van der Waals surface area contributed by atoms with Crippen LogP contribution < -0.4 is 10.6 Å². The molecule has 2 amide bonds. The van der Waals surface area contributed by atoms with E-state index in [0.29, 0.717) is 24.2 Å². The highest BCUT2D eigenvalue weighted by molar-refractivity contribution is 5.76. The first kappa shape index (κ1) is 19.8. The average Bonchev–Trinajstić information content (AvgIpc) is 3.18. The standard InChI is InChI=1S/C22H33N3O2/c1-16(26)25-22(20-8-4-5-13-23-20)19-11-9-18(10-12-19)15-24-21(27)14-17-6-2-3-7-17/h4-5,8,13,17-19,22H,2-3,6-7,9-12,14-15H2,1H3,(H,24,27)(H,25,26). The Bertz CT molecular complexity index is 605. The Balaban J connectivity index is 1.45. The molecule has 5 nitrogen and oxygen atoms in total. The van der Waals surface area contributed by atoms with Crippen LogP contribution in [0, 0.1) is 17.8 Å². The van der Waals surface area contributed by atoms with Gasteiger partial charge in [0, 0.05) is 26.1 Å². The summed E-state index contributed by atoms with van der Waals surface area (Å²) >= 11 is 0. The molecule has 0 bridgehead atoms. The van der Waals surface area contributed by atoms with Gasteiger partial charge in [-0.1, -0.05) is 18.9 Å². The molecule has 0 saturated heterocycles. The van der Waals surface area contributed by atoms with E-state index in [1.807, 2.05) is 18.2 Å². The molecule has 1 atom stereocenters. The second-order valence-corrected chi connectivity index (χ2v) is 8.37. The molecule has 0 spiro atoms. The van der Waals surface area contributed by atoms with Gasteiger partial charge < -0.3 is 10.6 Å². The molecule has 1 unspecified atom stereocenters. The van der Waals surface area contributed by atoms with Crippen molar-refractivity contribution in [3.05, 3.63) is 30.1 Å². The fraction of sp³-hybridized carbons (Fsp3) is 0.682. The number of hydrogen-bond acceptors (Lipinski definition) is 3. The topological polar surface area (TPSA) is 71.1 Å². The highest BCUT2D eigenvalue weighted by Crippen LogP contribution is 2.36. The number of carbonyl (C=O) groups excluding carboxylic acids is 2. The smallest absolute Gasteiger partial charge is 0.220 e. The summed E-state index contributed by atoms with van der Waals surface area (Å²) in [4.78, 5) is 28.3. The summed E-state index contributed by atoms with van der Waals surface area (Å²) in [6, 6.07) is 5.86. The molecule has 1 aromatic rings. The van der Waals surface area contributed by atoms with Crippen LogP contribution in [0.2, 0.25) is 0 Å². The lowest BCUT2D eigenvalue weighted by molar-refractivity contribution is -0.122. The number of aromatic nitrogens is 1. The summed E-state index contributed by atoms with van der Waals surface area (Å²) in [5.74, 6) is 1.79. The molecule has 2 fully saturated rings. The van der Waals surface area contributed by atoms with Crippen LogP contribution in [-0.4, -0.2) is 23.3 Å². The van der Waals surface area contributed by atoms with Crippen LogP contribution in [0.15, 0.2) is 24.4 Å². The van der Waals surface area contributed by atoms with Crippen LogP contribution in [0.1, 0.15) is 76.4 Å². The number of hydrogen-bond donors (Lipinski definition) is 2. The zero-order valence-electron chi connectivity index (χ0n) is 16.5. The van der Waals surface area contributed by atoms with E-state index in [1.54, 1.807) is 13.1 Å². The first-order valence-corrected chi connectivity index (χ1v) is 10.6. The molecule has 2 N–H and O–H groups in total. The van der Waals surface area contributed by atoms with Crippen molar-refractivity contribution in [2.24, 2.45) is 17.8 Å². The Morgan fingerprint density at radius 2 is 1.81 bits per heavy atom.